The van der Waals surface area contributed by atoms with Gasteiger partial charge >= 0.3 is 0 Å². The van der Waals surface area contributed by atoms with E-state index in [-0.39, 0.29) is 27.7 Å². The molecule has 1 aliphatic rings. The van der Waals surface area contributed by atoms with Gasteiger partial charge in [-0.2, -0.15) is 0 Å². The lowest BCUT2D eigenvalue weighted by Crippen LogP contribution is -2.26. The summed E-state index contributed by atoms with van der Waals surface area (Å²) in [6.07, 6.45) is 1.69. The molecule has 1 heterocycles. The number of nitrogens with one attached hydrogen (secondary N) is 2. The van der Waals surface area contributed by atoms with Crippen molar-refractivity contribution >= 4 is 21.6 Å². The van der Waals surface area contributed by atoms with Crippen molar-refractivity contribution in [1.29, 1.82) is 0 Å². The average molecular weight is 426 g/mol. The molecule has 0 unspecified atom stereocenters. The second-order valence-electron chi connectivity index (χ2n) is 7.31. The summed E-state index contributed by atoms with van der Waals surface area (Å²) in [5, 5.41) is 2.67. The number of rotatable bonds is 6. The molecule has 3 aromatic rings. The largest absolute Gasteiger partial charge is 0.316 e. The number of nitrogens with zero attached hydrogens (tertiary/aromatic N) is 2. The smallest absolute Gasteiger partial charge is 0.295 e. The molecular weight excluding hydrogens is 404 g/mol. The van der Waals surface area contributed by atoms with Crippen molar-refractivity contribution in [3.05, 3.63) is 76.2 Å². The van der Waals surface area contributed by atoms with Gasteiger partial charge in [0.1, 0.15) is 5.69 Å². The summed E-state index contributed by atoms with van der Waals surface area (Å²) in [6, 6.07) is 14.8. The van der Waals surface area contributed by atoms with E-state index in [9.17, 15) is 18.0 Å². The lowest BCUT2D eigenvalue weighted by Gasteiger charge is -2.07. The fraction of sp³-hybridized carbons (Fsp3) is 0.238. The second-order valence-corrected chi connectivity index (χ2v) is 9.02. The highest BCUT2D eigenvalue weighted by atomic mass is 32.2. The molecule has 1 aromatic heterocycles. The first-order chi connectivity index (χ1) is 14.3. The Labute approximate surface area is 174 Å². The van der Waals surface area contributed by atoms with Crippen molar-refractivity contribution < 1.29 is 13.2 Å². The van der Waals surface area contributed by atoms with Gasteiger partial charge in [0.05, 0.1) is 16.3 Å². The summed E-state index contributed by atoms with van der Waals surface area (Å²) in [5.41, 5.74) is 1.38. The van der Waals surface area contributed by atoms with Gasteiger partial charge in [-0.1, -0.05) is 18.2 Å². The second kappa shape index (κ2) is 7.58. The van der Waals surface area contributed by atoms with Crippen LogP contribution in [0.4, 0.5) is 5.69 Å². The van der Waals surface area contributed by atoms with Crippen molar-refractivity contribution in [2.45, 2.75) is 30.7 Å². The predicted molar refractivity (Wildman–Crippen MR) is 113 cm³/mol. The third kappa shape index (κ3) is 3.81. The standard InChI is InChI=1S/C21H22N4O4S/c1-14-19(21(27)25(24(14)2)17-6-4-3-5-7-17)22-20(26)15-8-12-18(13-9-15)30(28,29)23-16-10-11-16/h3-9,12-13,16,23H,10-11H2,1-2H3,(H,22,26). The monoisotopic (exact) mass is 426 g/mol. The molecule has 1 amide bonds. The molecule has 1 aliphatic carbocycles. The van der Waals surface area contributed by atoms with Gasteiger partial charge in [-0.3, -0.25) is 14.3 Å². The summed E-state index contributed by atoms with van der Waals surface area (Å²) in [4.78, 5) is 25.7. The first kappa shape index (κ1) is 20.1. The van der Waals surface area contributed by atoms with Crippen LogP contribution in [0.1, 0.15) is 28.9 Å². The number of amides is 1. The zero-order chi connectivity index (χ0) is 21.5. The molecule has 8 nitrogen and oxygen atoms in total. The lowest BCUT2D eigenvalue weighted by molar-refractivity contribution is 0.102. The Kier molecular flexibility index (Phi) is 5.08. The summed E-state index contributed by atoms with van der Waals surface area (Å²) in [5.74, 6) is -0.486. The number of benzene rings is 2. The van der Waals surface area contributed by atoms with Gasteiger partial charge < -0.3 is 5.32 Å². The van der Waals surface area contributed by atoms with E-state index in [0.717, 1.165) is 12.8 Å². The van der Waals surface area contributed by atoms with Crippen LogP contribution in [0.15, 0.2) is 64.3 Å². The normalized spacial score (nSPS) is 13.9. The number of sulfonamides is 1. The molecule has 30 heavy (non-hydrogen) atoms. The van der Waals surface area contributed by atoms with Crippen LogP contribution in [0.5, 0.6) is 0 Å². The molecule has 9 heteroatoms. The van der Waals surface area contributed by atoms with Crippen molar-refractivity contribution in [1.82, 2.24) is 14.1 Å². The highest BCUT2D eigenvalue weighted by molar-refractivity contribution is 7.89. The van der Waals surface area contributed by atoms with Crippen molar-refractivity contribution in [3.8, 4) is 5.69 Å². The predicted octanol–water partition coefficient (Wildman–Crippen LogP) is 2.18. The maximum Gasteiger partial charge on any atom is 0.295 e. The topological polar surface area (TPSA) is 102 Å². The number of hydrogen-bond acceptors (Lipinski definition) is 4. The molecule has 1 fully saturated rings. The molecule has 2 aromatic carbocycles. The highest BCUT2D eigenvalue weighted by Gasteiger charge is 2.28. The molecule has 156 valence electrons. The summed E-state index contributed by atoms with van der Waals surface area (Å²) < 4.78 is 30.3. The minimum Gasteiger partial charge on any atom is -0.316 e. The van der Waals surface area contributed by atoms with Crippen LogP contribution in [0.3, 0.4) is 0 Å². The van der Waals surface area contributed by atoms with Gasteiger partial charge in [0.2, 0.25) is 10.0 Å². The van der Waals surface area contributed by atoms with Gasteiger partial charge in [-0.05, 0) is 56.2 Å². The zero-order valence-corrected chi connectivity index (χ0v) is 17.4. The van der Waals surface area contributed by atoms with Crippen LogP contribution in [0, 0.1) is 6.92 Å². The number of carbonyl (C=O) groups excluding carboxylic acids is 1. The highest BCUT2D eigenvalue weighted by Crippen LogP contribution is 2.22. The molecule has 2 N–H and O–H groups in total. The zero-order valence-electron chi connectivity index (χ0n) is 16.6. The minimum absolute atomic E-state index is 0.00539. The molecule has 0 bridgehead atoms. The van der Waals surface area contributed by atoms with Gasteiger partial charge in [0, 0.05) is 18.7 Å². The fourth-order valence-electron chi connectivity index (χ4n) is 3.17. The molecule has 0 aliphatic heterocycles. The van der Waals surface area contributed by atoms with Crippen molar-refractivity contribution in [2.24, 2.45) is 7.05 Å². The number of carbonyl (C=O) groups is 1. The van der Waals surface area contributed by atoms with Crippen LogP contribution in [0.2, 0.25) is 0 Å². The minimum atomic E-state index is -3.58. The quantitative estimate of drug-likeness (QED) is 0.631. The van der Waals surface area contributed by atoms with E-state index in [0.29, 0.717) is 11.4 Å². The Morgan fingerprint density at radius 1 is 1.03 bits per heavy atom. The summed E-state index contributed by atoms with van der Waals surface area (Å²) >= 11 is 0. The van der Waals surface area contributed by atoms with E-state index in [2.05, 4.69) is 10.0 Å². The van der Waals surface area contributed by atoms with Crippen LogP contribution in [-0.4, -0.2) is 29.7 Å². The Morgan fingerprint density at radius 2 is 1.67 bits per heavy atom. The number of para-hydroxylation sites is 1. The Morgan fingerprint density at radius 3 is 2.27 bits per heavy atom. The molecule has 0 spiro atoms. The maximum absolute atomic E-state index is 12.9. The molecule has 0 atom stereocenters. The number of aromatic nitrogens is 2. The van der Waals surface area contributed by atoms with Crippen LogP contribution < -0.4 is 15.6 Å². The lowest BCUT2D eigenvalue weighted by atomic mass is 10.2. The van der Waals surface area contributed by atoms with Crippen LogP contribution >= 0.6 is 0 Å². The Balaban J connectivity index is 1.58. The third-order valence-corrected chi connectivity index (χ3v) is 6.66. The maximum atomic E-state index is 12.9. The van der Waals surface area contributed by atoms with Gasteiger partial charge in [0.15, 0.2) is 0 Å². The summed E-state index contributed by atoms with van der Waals surface area (Å²) in [7, 11) is -1.84. The molecule has 1 saturated carbocycles. The van der Waals surface area contributed by atoms with Crippen LogP contribution in [-0.2, 0) is 17.1 Å². The molecular formula is C21H22N4O4S. The van der Waals surface area contributed by atoms with Crippen molar-refractivity contribution in [3.63, 3.8) is 0 Å². The average Bonchev–Trinajstić information content (AvgIpc) is 3.52. The molecule has 0 radical (unpaired) electrons. The number of hydrogen-bond donors (Lipinski definition) is 2. The SMILES string of the molecule is Cc1c(NC(=O)c2ccc(S(=O)(=O)NC3CC3)cc2)c(=O)n(-c2ccccc2)n1C. The Bertz CT molecular complexity index is 1250. The third-order valence-electron chi connectivity index (χ3n) is 5.12. The molecule has 0 saturated heterocycles. The van der Waals surface area contributed by atoms with E-state index in [1.54, 1.807) is 30.8 Å². The van der Waals surface area contributed by atoms with E-state index in [1.807, 2.05) is 18.2 Å². The van der Waals surface area contributed by atoms with Gasteiger partial charge in [-0.25, -0.2) is 17.8 Å². The van der Waals surface area contributed by atoms with E-state index in [4.69, 9.17) is 0 Å². The van der Waals surface area contributed by atoms with E-state index < -0.39 is 15.9 Å². The van der Waals surface area contributed by atoms with Crippen LogP contribution in [0.25, 0.3) is 5.69 Å². The van der Waals surface area contributed by atoms with E-state index in [1.165, 1.54) is 28.9 Å². The first-order valence-electron chi connectivity index (χ1n) is 9.56. The fourth-order valence-corrected chi connectivity index (χ4v) is 4.48. The molecule has 4 rings (SSSR count). The number of anilines is 1. The Hall–Kier alpha value is -3.17. The first-order valence-corrected chi connectivity index (χ1v) is 11.0. The summed E-state index contributed by atoms with van der Waals surface area (Å²) in [6.45, 7) is 1.75. The van der Waals surface area contributed by atoms with E-state index >= 15 is 0 Å². The van der Waals surface area contributed by atoms with Gasteiger partial charge in [-0.15, -0.1) is 0 Å². The van der Waals surface area contributed by atoms with Crippen molar-refractivity contribution in [2.75, 3.05) is 5.32 Å². The van der Waals surface area contributed by atoms with Gasteiger partial charge in [0.25, 0.3) is 11.5 Å².